The Kier molecular flexibility index (Phi) is 6.28. The van der Waals surface area contributed by atoms with Gasteiger partial charge >= 0.3 is 0 Å². The number of aryl methyl sites for hydroxylation is 1. The van der Waals surface area contributed by atoms with E-state index in [2.05, 4.69) is 46.2 Å². The average Bonchev–Trinajstić information content (AvgIpc) is 2.81. The van der Waals surface area contributed by atoms with Crippen molar-refractivity contribution in [3.63, 3.8) is 0 Å². The fraction of sp³-hybridized carbons (Fsp3) is 0.0400. The van der Waals surface area contributed by atoms with Gasteiger partial charge in [0, 0.05) is 27.4 Å². The van der Waals surface area contributed by atoms with Gasteiger partial charge in [0.05, 0.1) is 11.4 Å². The van der Waals surface area contributed by atoms with Crippen LogP contribution >= 0.6 is 11.9 Å². The number of nitrogens with two attached hydrogens (primary N) is 2. The van der Waals surface area contributed by atoms with E-state index in [1.807, 2.05) is 36.4 Å². The Balaban J connectivity index is 1.40. The maximum atomic E-state index is 12.7. The number of anilines is 4. The molecule has 6 nitrogen and oxygen atoms in total. The van der Waals surface area contributed by atoms with Gasteiger partial charge in [-0.05, 0) is 79.5 Å². The molecule has 3 aromatic carbocycles. The molecule has 1 aromatic heterocycles. The van der Waals surface area contributed by atoms with Gasteiger partial charge in [0.1, 0.15) is 5.82 Å². The first-order chi connectivity index (χ1) is 15.5. The number of nitrogens with zero attached hydrogens (tertiary/aromatic N) is 1. The van der Waals surface area contributed by atoms with E-state index in [9.17, 15) is 4.79 Å². The number of amides is 1. The van der Waals surface area contributed by atoms with E-state index in [1.54, 1.807) is 36.2 Å². The summed E-state index contributed by atoms with van der Waals surface area (Å²) in [5, 5.41) is 2.93. The Labute approximate surface area is 191 Å². The second-order valence-electron chi connectivity index (χ2n) is 7.30. The van der Waals surface area contributed by atoms with Crippen LogP contribution in [0.1, 0.15) is 15.9 Å². The Morgan fingerprint density at radius 2 is 1.59 bits per heavy atom. The fourth-order valence-corrected chi connectivity index (χ4v) is 3.66. The largest absolute Gasteiger partial charge is 0.396 e. The van der Waals surface area contributed by atoms with Crippen molar-refractivity contribution >= 4 is 40.7 Å². The molecule has 0 bridgehead atoms. The van der Waals surface area contributed by atoms with Crippen LogP contribution in [0.5, 0.6) is 0 Å². The van der Waals surface area contributed by atoms with Gasteiger partial charge in [-0.3, -0.25) is 4.79 Å². The molecule has 0 unspecified atom stereocenters. The van der Waals surface area contributed by atoms with Gasteiger partial charge in [0.15, 0.2) is 0 Å². The quantitative estimate of drug-likeness (QED) is 0.291. The molecular weight excluding hydrogens is 418 g/mol. The van der Waals surface area contributed by atoms with Crippen molar-refractivity contribution in [2.45, 2.75) is 11.8 Å². The number of rotatable bonds is 6. The van der Waals surface area contributed by atoms with Crippen molar-refractivity contribution in [1.82, 2.24) is 4.98 Å². The van der Waals surface area contributed by atoms with E-state index in [1.165, 1.54) is 5.56 Å². The standard InChI is InChI=1S/C25H23N5OS/c1-16-5-11-21(12-6-16)32-30-20-9-7-19(8-10-20)28-25(31)18-4-2-3-17(15-18)23-14-13-22(26)24(27)29-23/h2-15,30H,26H2,1H3,(H2,27,29)(H,28,31). The van der Waals surface area contributed by atoms with E-state index in [0.29, 0.717) is 22.6 Å². The van der Waals surface area contributed by atoms with E-state index >= 15 is 0 Å². The Morgan fingerprint density at radius 3 is 2.31 bits per heavy atom. The molecule has 1 heterocycles. The van der Waals surface area contributed by atoms with Crippen molar-refractivity contribution in [3.05, 3.63) is 96.1 Å². The first-order valence-corrected chi connectivity index (χ1v) is 10.8. The van der Waals surface area contributed by atoms with Gasteiger partial charge in [-0.2, -0.15) is 0 Å². The van der Waals surface area contributed by atoms with Gasteiger partial charge < -0.3 is 21.5 Å². The van der Waals surface area contributed by atoms with Crippen LogP contribution in [0.3, 0.4) is 0 Å². The topological polar surface area (TPSA) is 106 Å². The lowest BCUT2D eigenvalue weighted by Gasteiger charge is -2.09. The summed E-state index contributed by atoms with van der Waals surface area (Å²) in [6, 6.07) is 26.6. The monoisotopic (exact) mass is 441 g/mol. The minimum Gasteiger partial charge on any atom is -0.396 e. The van der Waals surface area contributed by atoms with Crippen LogP contribution in [-0.2, 0) is 0 Å². The molecule has 0 spiro atoms. The zero-order valence-corrected chi connectivity index (χ0v) is 18.3. The zero-order valence-electron chi connectivity index (χ0n) is 17.5. The number of aromatic nitrogens is 1. The molecular formula is C25H23N5OS. The van der Waals surface area contributed by atoms with Crippen molar-refractivity contribution in [2.75, 3.05) is 21.5 Å². The van der Waals surface area contributed by atoms with E-state index in [4.69, 9.17) is 11.5 Å². The molecule has 0 aliphatic carbocycles. The van der Waals surface area contributed by atoms with Gasteiger partial charge in [-0.15, -0.1) is 0 Å². The van der Waals surface area contributed by atoms with Gasteiger partial charge in [0.2, 0.25) is 0 Å². The third-order valence-electron chi connectivity index (χ3n) is 4.83. The molecule has 7 heteroatoms. The fourth-order valence-electron chi connectivity index (χ4n) is 3.02. The first kappa shape index (κ1) is 21.3. The smallest absolute Gasteiger partial charge is 0.255 e. The predicted octanol–water partition coefficient (Wildman–Crippen LogP) is 5.59. The molecule has 4 rings (SSSR count). The number of carbonyl (C=O) groups is 1. The summed E-state index contributed by atoms with van der Waals surface area (Å²) in [5.41, 5.74) is 16.8. The predicted molar refractivity (Wildman–Crippen MR) is 134 cm³/mol. The average molecular weight is 442 g/mol. The second kappa shape index (κ2) is 9.45. The van der Waals surface area contributed by atoms with Crippen molar-refractivity contribution in [3.8, 4) is 11.3 Å². The molecule has 0 saturated heterocycles. The highest BCUT2D eigenvalue weighted by Gasteiger charge is 2.09. The molecule has 0 radical (unpaired) electrons. The summed E-state index contributed by atoms with van der Waals surface area (Å²) in [7, 11) is 0. The third kappa shape index (κ3) is 5.19. The number of pyridine rings is 1. The molecule has 32 heavy (non-hydrogen) atoms. The zero-order chi connectivity index (χ0) is 22.5. The summed E-state index contributed by atoms with van der Waals surface area (Å²) in [5.74, 6) is 0.0663. The van der Waals surface area contributed by atoms with E-state index in [0.717, 1.165) is 16.1 Å². The summed E-state index contributed by atoms with van der Waals surface area (Å²) in [4.78, 5) is 18.2. The molecule has 160 valence electrons. The lowest BCUT2D eigenvalue weighted by molar-refractivity contribution is 0.102. The molecule has 4 aromatic rings. The minimum atomic E-state index is -0.204. The SMILES string of the molecule is Cc1ccc(SNc2ccc(NC(=O)c3cccc(-c4ccc(N)c(N)n4)c3)cc2)cc1. The number of hydrogen-bond acceptors (Lipinski definition) is 6. The molecule has 0 aliphatic rings. The summed E-state index contributed by atoms with van der Waals surface area (Å²) >= 11 is 1.54. The summed E-state index contributed by atoms with van der Waals surface area (Å²) in [6.07, 6.45) is 0. The highest BCUT2D eigenvalue weighted by molar-refractivity contribution is 8.00. The van der Waals surface area contributed by atoms with Crippen LogP contribution in [0.2, 0.25) is 0 Å². The molecule has 0 aliphatic heterocycles. The van der Waals surface area contributed by atoms with Crippen LogP contribution in [0, 0.1) is 6.92 Å². The van der Waals surface area contributed by atoms with Crippen LogP contribution < -0.4 is 21.5 Å². The highest BCUT2D eigenvalue weighted by atomic mass is 32.2. The number of nitrogen functional groups attached to an aromatic ring is 2. The number of nitrogens with one attached hydrogen (secondary N) is 2. The van der Waals surface area contributed by atoms with Gasteiger partial charge in [0.25, 0.3) is 5.91 Å². The highest BCUT2D eigenvalue weighted by Crippen LogP contribution is 2.24. The number of carbonyl (C=O) groups excluding carboxylic acids is 1. The lowest BCUT2D eigenvalue weighted by Crippen LogP contribution is -2.11. The molecule has 0 atom stereocenters. The van der Waals surface area contributed by atoms with Crippen LogP contribution in [-0.4, -0.2) is 10.9 Å². The summed E-state index contributed by atoms with van der Waals surface area (Å²) in [6.45, 7) is 2.07. The number of hydrogen-bond donors (Lipinski definition) is 4. The molecule has 6 N–H and O–H groups in total. The van der Waals surface area contributed by atoms with Crippen LogP contribution in [0.15, 0.2) is 89.8 Å². The third-order valence-corrected chi connectivity index (χ3v) is 5.67. The van der Waals surface area contributed by atoms with Gasteiger partial charge in [-0.25, -0.2) is 4.98 Å². The van der Waals surface area contributed by atoms with Crippen molar-refractivity contribution in [2.24, 2.45) is 0 Å². The van der Waals surface area contributed by atoms with Crippen molar-refractivity contribution < 1.29 is 4.79 Å². The summed E-state index contributed by atoms with van der Waals surface area (Å²) < 4.78 is 3.30. The molecule has 1 amide bonds. The minimum absolute atomic E-state index is 0.204. The Hall–Kier alpha value is -3.97. The maximum absolute atomic E-state index is 12.7. The second-order valence-corrected chi connectivity index (χ2v) is 8.18. The van der Waals surface area contributed by atoms with E-state index in [-0.39, 0.29) is 11.7 Å². The first-order valence-electron chi connectivity index (χ1n) is 10.0. The number of benzene rings is 3. The normalized spacial score (nSPS) is 10.5. The molecule has 0 saturated carbocycles. The molecule has 0 fully saturated rings. The van der Waals surface area contributed by atoms with Crippen LogP contribution in [0.25, 0.3) is 11.3 Å². The van der Waals surface area contributed by atoms with E-state index < -0.39 is 0 Å². The van der Waals surface area contributed by atoms with Crippen LogP contribution in [0.4, 0.5) is 22.9 Å². The van der Waals surface area contributed by atoms with Crippen molar-refractivity contribution in [1.29, 1.82) is 0 Å². The van der Waals surface area contributed by atoms with Gasteiger partial charge in [-0.1, -0.05) is 29.8 Å². The Bertz CT molecular complexity index is 1240. The Morgan fingerprint density at radius 1 is 0.875 bits per heavy atom. The lowest BCUT2D eigenvalue weighted by atomic mass is 10.1. The maximum Gasteiger partial charge on any atom is 0.255 e.